The first-order valence-electron chi connectivity index (χ1n) is 5.35. The minimum Gasteiger partial charge on any atom is -0.321 e. The fourth-order valence-corrected chi connectivity index (χ4v) is 1.85. The van der Waals surface area contributed by atoms with Crippen LogP contribution in [0.3, 0.4) is 0 Å². The van der Waals surface area contributed by atoms with E-state index in [1.165, 1.54) is 11.8 Å². The SMILES string of the molecule is CC(C)c1cccc(NC(=O)c2cnsn2)c1. The van der Waals surface area contributed by atoms with Crippen LogP contribution in [0, 0.1) is 0 Å². The normalized spacial score (nSPS) is 10.5. The quantitative estimate of drug-likeness (QED) is 0.907. The molecule has 0 aliphatic rings. The van der Waals surface area contributed by atoms with Gasteiger partial charge in [-0.05, 0) is 23.6 Å². The molecule has 1 amide bonds. The Morgan fingerprint density at radius 1 is 1.41 bits per heavy atom. The number of amides is 1. The first kappa shape index (κ1) is 11.7. The Labute approximate surface area is 104 Å². The summed E-state index contributed by atoms with van der Waals surface area (Å²) in [4.78, 5) is 11.7. The number of benzene rings is 1. The average Bonchev–Trinajstić information content (AvgIpc) is 2.82. The molecule has 0 atom stereocenters. The molecule has 1 N–H and O–H groups in total. The molecule has 1 aromatic carbocycles. The van der Waals surface area contributed by atoms with Gasteiger partial charge in [0.15, 0.2) is 5.69 Å². The van der Waals surface area contributed by atoms with E-state index in [4.69, 9.17) is 0 Å². The summed E-state index contributed by atoms with van der Waals surface area (Å²) in [6.07, 6.45) is 1.46. The van der Waals surface area contributed by atoms with E-state index in [0.29, 0.717) is 11.6 Å². The van der Waals surface area contributed by atoms with Crippen LogP contribution in [0.5, 0.6) is 0 Å². The molecule has 17 heavy (non-hydrogen) atoms. The molecule has 0 saturated carbocycles. The fourth-order valence-electron chi connectivity index (χ4n) is 1.44. The van der Waals surface area contributed by atoms with Crippen LogP contribution in [-0.2, 0) is 0 Å². The lowest BCUT2D eigenvalue weighted by molar-refractivity contribution is 0.102. The van der Waals surface area contributed by atoms with Gasteiger partial charge < -0.3 is 5.32 Å². The van der Waals surface area contributed by atoms with Crippen molar-refractivity contribution >= 4 is 23.3 Å². The van der Waals surface area contributed by atoms with Gasteiger partial charge in [-0.2, -0.15) is 8.75 Å². The number of aromatic nitrogens is 2. The lowest BCUT2D eigenvalue weighted by Crippen LogP contribution is -2.12. The molecule has 0 aliphatic carbocycles. The maximum absolute atomic E-state index is 11.7. The lowest BCUT2D eigenvalue weighted by Gasteiger charge is -2.08. The molecule has 2 aromatic rings. The molecule has 0 unspecified atom stereocenters. The second kappa shape index (κ2) is 5.05. The number of anilines is 1. The van der Waals surface area contributed by atoms with Crippen LogP contribution in [0.2, 0.25) is 0 Å². The molecular weight excluding hydrogens is 234 g/mol. The van der Waals surface area contributed by atoms with Gasteiger partial charge >= 0.3 is 0 Å². The van der Waals surface area contributed by atoms with Crippen LogP contribution in [0.4, 0.5) is 5.69 Å². The Kier molecular flexibility index (Phi) is 3.49. The molecule has 0 saturated heterocycles. The van der Waals surface area contributed by atoms with E-state index >= 15 is 0 Å². The first-order valence-corrected chi connectivity index (χ1v) is 6.08. The highest BCUT2D eigenvalue weighted by atomic mass is 32.1. The standard InChI is InChI=1S/C12H13N3OS/c1-8(2)9-4-3-5-10(6-9)14-12(16)11-7-13-17-15-11/h3-8H,1-2H3,(H,14,16). The summed E-state index contributed by atoms with van der Waals surface area (Å²) in [6.45, 7) is 4.23. The highest BCUT2D eigenvalue weighted by molar-refractivity contribution is 6.99. The van der Waals surface area contributed by atoms with Crippen molar-refractivity contribution in [3.63, 3.8) is 0 Å². The van der Waals surface area contributed by atoms with Gasteiger partial charge in [0.1, 0.15) is 0 Å². The molecule has 0 fully saturated rings. The number of nitrogens with one attached hydrogen (secondary N) is 1. The molecule has 4 nitrogen and oxygen atoms in total. The van der Waals surface area contributed by atoms with Crippen LogP contribution < -0.4 is 5.32 Å². The maximum Gasteiger partial charge on any atom is 0.277 e. The largest absolute Gasteiger partial charge is 0.321 e. The Balaban J connectivity index is 2.14. The monoisotopic (exact) mass is 247 g/mol. The highest BCUT2D eigenvalue weighted by Crippen LogP contribution is 2.18. The third kappa shape index (κ3) is 2.88. The van der Waals surface area contributed by atoms with Gasteiger partial charge in [0, 0.05) is 5.69 Å². The summed E-state index contributed by atoms with van der Waals surface area (Å²) in [6, 6.07) is 7.82. The van der Waals surface area contributed by atoms with Crippen LogP contribution in [-0.4, -0.2) is 14.7 Å². The Morgan fingerprint density at radius 3 is 2.88 bits per heavy atom. The number of nitrogens with zero attached hydrogens (tertiary/aromatic N) is 2. The van der Waals surface area contributed by atoms with E-state index in [-0.39, 0.29) is 5.91 Å². The van der Waals surface area contributed by atoms with Gasteiger partial charge in [-0.25, -0.2) is 0 Å². The van der Waals surface area contributed by atoms with Gasteiger partial charge in [-0.1, -0.05) is 26.0 Å². The van der Waals surface area contributed by atoms with Crippen molar-refractivity contribution in [1.82, 2.24) is 8.75 Å². The van der Waals surface area contributed by atoms with Crippen LogP contribution in [0.25, 0.3) is 0 Å². The van der Waals surface area contributed by atoms with Crippen molar-refractivity contribution in [2.24, 2.45) is 0 Å². The number of rotatable bonds is 3. The number of hydrogen-bond acceptors (Lipinski definition) is 4. The minimum atomic E-state index is -0.223. The second-order valence-corrected chi connectivity index (χ2v) is 4.58. The van der Waals surface area contributed by atoms with Crippen LogP contribution in [0.1, 0.15) is 35.8 Å². The molecule has 0 bridgehead atoms. The van der Waals surface area contributed by atoms with Crippen molar-refractivity contribution in [3.05, 3.63) is 41.7 Å². The minimum absolute atomic E-state index is 0.223. The van der Waals surface area contributed by atoms with Gasteiger partial charge in [-0.3, -0.25) is 4.79 Å². The zero-order chi connectivity index (χ0) is 12.3. The Bertz CT molecular complexity index is 508. The summed E-state index contributed by atoms with van der Waals surface area (Å²) < 4.78 is 7.69. The molecule has 2 rings (SSSR count). The second-order valence-electron chi connectivity index (χ2n) is 4.03. The molecule has 88 valence electrons. The third-order valence-electron chi connectivity index (χ3n) is 2.41. The van der Waals surface area contributed by atoms with E-state index in [2.05, 4.69) is 27.9 Å². The van der Waals surface area contributed by atoms with E-state index in [1.807, 2.05) is 24.3 Å². The topological polar surface area (TPSA) is 54.9 Å². The molecule has 0 spiro atoms. The Hall–Kier alpha value is -1.75. The Morgan fingerprint density at radius 2 is 2.24 bits per heavy atom. The predicted molar refractivity (Wildman–Crippen MR) is 68.4 cm³/mol. The lowest BCUT2D eigenvalue weighted by atomic mass is 10.0. The van der Waals surface area contributed by atoms with Crippen molar-refractivity contribution in [3.8, 4) is 0 Å². The summed E-state index contributed by atoms with van der Waals surface area (Å²) in [5.74, 6) is 0.215. The highest BCUT2D eigenvalue weighted by Gasteiger charge is 2.09. The molecule has 0 aliphatic heterocycles. The summed E-state index contributed by atoms with van der Waals surface area (Å²) in [7, 11) is 0. The number of carbonyl (C=O) groups excluding carboxylic acids is 1. The zero-order valence-electron chi connectivity index (χ0n) is 9.68. The van der Waals surface area contributed by atoms with E-state index < -0.39 is 0 Å². The van der Waals surface area contributed by atoms with E-state index in [9.17, 15) is 4.79 Å². The summed E-state index contributed by atoms with van der Waals surface area (Å²) >= 11 is 1.03. The van der Waals surface area contributed by atoms with Crippen molar-refractivity contribution in [1.29, 1.82) is 0 Å². The summed E-state index contributed by atoms with van der Waals surface area (Å²) in [5, 5.41) is 2.80. The third-order valence-corrected chi connectivity index (χ3v) is 2.88. The average molecular weight is 247 g/mol. The number of carbonyl (C=O) groups is 1. The zero-order valence-corrected chi connectivity index (χ0v) is 10.5. The van der Waals surface area contributed by atoms with Gasteiger partial charge in [0.25, 0.3) is 5.91 Å². The smallest absolute Gasteiger partial charge is 0.277 e. The van der Waals surface area contributed by atoms with Crippen molar-refractivity contribution < 1.29 is 4.79 Å². The number of hydrogen-bond donors (Lipinski definition) is 1. The summed E-state index contributed by atoms with van der Waals surface area (Å²) in [5.41, 5.74) is 2.33. The maximum atomic E-state index is 11.7. The van der Waals surface area contributed by atoms with E-state index in [0.717, 1.165) is 17.4 Å². The molecule has 1 aromatic heterocycles. The van der Waals surface area contributed by atoms with Gasteiger partial charge in [0.05, 0.1) is 17.9 Å². The molecule has 5 heteroatoms. The van der Waals surface area contributed by atoms with Crippen LogP contribution >= 0.6 is 11.7 Å². The van der Waals surface area contributed by atoms with Crippen molar-refractivity contribution in [2.75, 3.05) is 5.32 Å². The van der Waals surface area contributed by atoms with E-state index in [1.54, 1.807) is 0 Å². The molecular formula is C12H13N3OS. The molecule has 0 radical (unpaired) electrons. The van der Waals surface area contributed by atoms with Gasteiger partial charge in [-0.15, -0.1) is 0 Å². The fraction of sp³-hybridized carbons (Fsp3) is 0.250. The van der Waals surface area contributed by atoms with Crippen LogP contribution in [0.15, 0.2) is 30.5 Å². The van der Waals surface area contributed by atoms with Gasteiger partial charge in [0.2, 0.25) is 0 Å². The van der Waals surface area contributed by atoms with Crippen molar-refractivity contribution in [2.45, 2.75) is 19.8 Å². The first-order chi connectivity index (χ1) is 8.16. The molecule has 1 heterocycles. The predicted octanol–water partition coefficient (Wildman–Crippen LogP) is 2.91.